The van der Waals surface area contributed by atoms with Gasteiger partial charge in [0.2, 0.25) is 0 Å². The van der Waals surface area contributed by atoms with Crippen LogP contribution in [0.15, 0.2) is 18.2 Å². The Hall–Kier alpha value is -0.360. The zero-order valence-corrected chi connectivity index (χ0v) is 14.7. The van der Waals surface area contributed by atoms with Gasteiger partial charge in [0, 0.05) is 40.5 Å². The van der Waals surface area contributed by atoms with Gasteiger partial charge in [-0.05, 0) is 38.1 Å². The minimum Gasteiger partial charge on any atom is -0.392 e. The zero-order valence-electron chi connectivity index (χ0n) is 13.2. The third-order valence-electron chi connectivity index (χ3n) is 5.41. The summed E-state index contributed by atoms with van der Waals surface area (Å²) in [6.45, 7) is 3.68. The maximum atomic E-state index is 10.3. The third-order valence-corrected chi connectivity index (χ3v) is 6.12. The molecule has 1 aliphatic heterocycles. The molecule has 3 rings (SSSR count). The van der Waals surface area contributed by atoms with Gasteiger partial charge in [-0.15, -0.1) is 0 Å². The second-order valence-electron chi connectivity index (χ2n) is 6.61. The van der Waals surface area contributed by atoms with Gasteiger partial charge in [0.25, 0.3) is 0 Å². The van der Waals surface area contributed by atoms with Gasteiger partial charge >= 0.3 is 0 Å². The summed E-state index contributed by atoms with van der Waals surface area (Å²) >= 11 is 12.5. The van der Waals surface area contributed by atoms with Crippen LogP contribution >= 0.6 is 23.2 Å². The number of hydrogen-bond donors (Lipinski definition) is 2. The van der Waals surface area contributed by atoms with E-state index in [4.69, 9.17) is 33.7 Å². The van der Waals surface area contributed by atoms with Gasteiger partial charge < -0.3 is 15.6 Å². The van der Waals surface area contributed by atoms with Crippen LogP contribution in [0.4, 0.5) is 0 Å². The fourth-order valence-electron chi connectivity index (χ4n) is 3.86. The van der Waals surface area contributed by atoms with Crippen LogP contribution in [0.2, 0.25) is 10.0 Å². The summed E-state index contributed by atoms with van der Waals surface area (Å²) < 4.78 is 5.84. The van der Waals surface area contributed by atoms with Crippen LogP contribution in [0.3, 0.4) is 0 Å². The summed E-state index contributed by atoms with van der Waals surface area (Å²) in [6, 6.07) is 5.62. The van der Waals surface area contributed by atoms with Crippen molar-refractivity contribution in [2.75, 3.05) is 26.2 Å². The molecule has 3 N–H and O–H groups in total. The Balaban J connectivity index is 1.60. The third kappa shape index (κ3) is 3.39. The second kappa shape index (κ2) is 7.26. The number of hydrogen-bond acceptors (Lipinski definition) is 4. The van der Waals surface area contributed by atoms with Gasteiger partial charge in [0.05, 0.1) is 18.8 Å². The van der Waals surface area contributed by atoms with E-state index < -0.39 is 0 Å². The van der Waals surface area contributed by atoms with Gasteiger partial charge in [0.15, 0.2) is 0 Å². The average molecular weight is 359 g/mol. The van der Waals surface area contributed by atoms with Crippen LogP contribution in [0.1, 0.15) is 24.8 Å². The molecule has 0 unspecified atom stereocenters. The number of piperidine rings is 1. The molecule has 1 aromatic rings. The molecule has 0 amide bonds. The molecule has 23 heavy (non-hydrogen) atoms. The van der Waals surface area contributed by atoms with Crippen molar-refractivity contribution in [3.05, 3.63) is 33.8 Å². The van der Waals surface area contributed by atoms with Crippen molar-refractivity contribution >= 4 is 23.2 Å². The fourth-order valence-corrected chi connectivity index (χ4v) is 4.38. The van der Waals surface area contributed by atoms with E-state index in [1.165, 1.54) is 0 Å². The second-order valence-corrected chi connectivity index (χ2v) is 7.42. The van der Waals surface area contributed by atoms with Crippen molar-refractivity contribution in [3.8, 4) is 0 Å². The van der Waals surface area contributed by atoms with Crippen molar-refractivity contribution in [2.24, 2.45) is 11.1 Å². The smallest absolute Gasteiger partial charge is 0.0682 e. The lowest BCUT2D eigenvalue weighted by atomic mass is 9.58. The lowest BCUT2D eigenvalue weighted by Crippen LogP contribution is -2.62. The van der Waals surface area contributed by atoms with Crippen LogP contribution in [0.5, 0.6) is 0 Å². The van der Waals surface area contributed by atoms with Crippen molar-refractivity contribution in [3.63, 3.8) is 0 Å². The molecule has 1 aromatic carbocycles. The van der Waals surface area contributed by atoms with Gasteiger partial charge in [-0.1, -0.05) is 29.3 Å². The predicted molar refractivity (Wildman–Crippen MR) is 92.8 cm³/mol. The number of aliphatic hydroxyl groups is 1. The lowest BCUT2D eigenvalue weighted by molar-refractivity contribution is -0.210. The SMILES string of the molecule is NCCO[C@@H]1C[C@H](O)C12CCN(Cc1c(Cl)cccc1Cl)CC2. The average Bonchev–Trinajstić information content (AvgIpc) is 2.55. The summed E-state index contributed by atoms with van der Waals surface area (Å²) in [7, 11) is 0. The van der Waals surface area contributed by atoms with E-state index in [9.17, 15) is 5.11 Å². The number of halogens is 2. The highest BCUT2D eigenvalue weighted by molar-refractivity contribution is 6.35. The molecule has 6 heteroatoms. The number of nitrogens with two attached hydrogens (primary N) is 1. The number of benzene rings is 1. The Bertz CT molecular complexity index is 527. The predicted octanol–water partition coefficient (Wildman–Crippen LogP) is 2.68. The highest BCUT2D eigenvalue weighted by Gasteiger charge is 2.56. The summed E-state index contributed by atoms with van der Waals surface area (Å²) in [4.78, 5) is 2.35. The first kappa shape index (κ1) is 17.5. The van der Waals surface area contributed by atoms with Gasteiger partial charge in [-0.25, -0.2) is 0 Å². The maximum absolute atomic E-state index is 10.3. The largest absolute Gasteiger partial charge is 0.392 e. The molecule has 0 aromatic heterocycles. The van der Waals surface area contributed by atoms with E-state index in [-0.39, 0.29) is 17.6 Å². The highest BCUT2D eigenvalue weighted by Crippen LogP contribution is 2.51. The van der Waals surface area contributed by atoms with E-state index in [1.807, 2.05) is 18.2 Å². The first-order valence-corrected chi connectivity index (χ1v) is 8.97. The Morgan fingerprint density at radius 1 is 1.26 bits per heavy atom. The number of aliphatic hydroxyl groups excluding tert-OH is 1. The zero-order chi connectivity index (χ0) is 16.4. The quantitative estimate of drug-likeness (QED) is 0.849. The lowest BCUT2D eigenvalue weighted by Gasteiger charge is -2.56. The monoisotopic (exact) mass is 358 g/mol. The molecule has 2 atom stereocenters. The molecule has 1 aliphatic carbocycles. The summed E-state index contributed by atoms with van der Waals surface area (Å²) in [5.41, 5.74) is 6.42. The van der Waals surface area contributed by atoms with Crippen molar-refractivity contribution in [1.82, 2.24) is 4.90 Å². The van der Waals surface area contributed by atoms with Gasteiger partial charge in [0.1, 0.15) is 0 Å². The van der Waals surface area contributed by atoms with Crippen LogP contribution < -0.4 is 5.73 Å². The minimum absolute atomic E-state index is 0.0874. The van der Waals surface area contributed by atoms with Crippen LogP contribution in [-0.4, -0.2) is 48.5 Å². The molecule has 2 aliphatic rings. The summed E-state index contributed by atoms with van der Waals surface area (Å²) in [6.07, 6.45) is 2.50. The van der Waals surface area contributed by atoms with E-state index in [0.29, 0.717) is 23.2 Å². The van der Waals surface area contributed by atoms with E-state index >= 15 is 0 Å². The highest BCUT2D eigenvalue weighted by atomic mass is 35.5. The standard InChI is InChI=1S/C17H24Cl2N2O2/c18-13-2-1-3-14(19)12(13)11-21-7-4-17(5-8-21)15(22)10-16(17)23-9-6-20/h1-3,15-16,22H,4-11,20H2/t15-,16+/m0/s1. The van der Waals surface area contributed by atoms with Crippen LogP contribution in [0.25, 0.3) is 0 Å². The van der Waals surface area contributed by atoms with E-state index in [0.717, 1.165) is 44.5 Å². The molecular formula is C17H24Cl2N2O2. The molecule has 1 saturated heterocycles. The van der Waals surface area contributed by atoms with Crippen molar-refractivity contribution < 1.29 is 9.84 Å². The van der Waals surface area contributed by atoms with Crippen molar-refractivity contribution in [1.29, 1.82) is 0 Å². The molecular weight excluding hydrogens is 335 g/mol. The van der Waals surface area contributed by atoms with Crippen LogP contribution in [-0.2, 0) is 11.3 Å². The Kier molecular flexibility index (Phi) is 5.51. The molecule has 0 bridgehead atoms. The fraction of sp³-hybridized carbons (Fsp3) is 0.647. The minimum atomic E-state index is -0.253. The Morgan fingerprint density at radius 3 is 2.48 bits per heavy atom. The van der Waals surface area contributed by atoms with Crippen LogP contribution in [0, 0.1) is 5.41 Å². The molecule has 128 valence electrons. The Morgan fingerprint density at radius 2 is 1.91 bits per heavy atom. The molecule has 1 heterocycles. The van der Waals surface area contributed by atoms with Crippen molar-refractivity contribution in [2.45, 2.75) is 38.0 Å². The summed E-state index contributed by atoms with van der Waals surface area (Å²) in [5, 5.41) is 11.7. The molecule has 0 radical (unpaired) electrons. The molecule has 1 spiro atoms. The van der Waals surface area contributed by atoms with E-state index in [1.54, 1.807) is 0 Å². The Labute approximate surface area is 147 Å². The first-order valence-electron chi connectivity index (χ1n) is 8.22. The first-order chi connectivity index (χ1) is 11.1. The number of likely N-dealkylation sites (tertiary alicyclic amines) is 1. The topological polar surface area (TPSA) is 58.7 Å². The number of rotatable bonds is 5. The van der Waals surface area contributed by atoms with Gasteiger partial charge in [-0.3, -0.25) is 4.90 Å². The number of nitrogens with zero attached hydrogens (tertiary/aromatic N) is 1. The molecule has 4 nitrogen and oxygen atoms in total. The number of ether oxygens (including phenoxy) is 1. The molecule has 2 fully saturated rings. The molecule has 1 saturated carbocycles. The maximum Gasteiger partial charge on any atom is 0.0682 e. The summed E-state index contributed by atoms with van der Waals surface area (Å²) in [5.74, 6) is 0. The normalized spacial score (nSPS) is 27.1. The van der Waals surface area contributed by atoms with Gasteiger partial charge in [-0.2, -0.15) is 0 Å². The van der Waals surface area contributed by atoms with E-state index in [2.05, 4.69) is 4.90 Å².